The fourth-order valence-electron chi connectivity index (χ4n) is 4.10. The zero-order chi connectivity index (χ0) is 21.4. The number of amides is 1. The highest BCUT2D eigenvalue weighted by Crippen LogP contribution is 2.43. The number of aromatic nitrogens is 2. The van der Waals surface area contributed by atoms with Gasteiger partial charge in [0.2, 0.25) is 11.9 Å². The number of hydrogen-bond donors (Lipinski definition) is 2. The molecule has 1 aliphatic carbocycles. The molecule has 0 aliphatic heterocycles. The van der Waals surface area contributed by atoms with Crippen LogP contribution in [0.2, 0.25) is 0 Å². The Kier molecular flexibility index (Phi) is 5.04. The highest BCUT2D eigenvalue weighted by Gasteiger charge is 2.38. The summed E-state index contributed by atoms with van der Waals surface area (Å²) in [5.41, 5.74) is 0.176. The molecule has 1 heterocycles. The summed E-state index contributed by atoms with van der Waals surface area (Å²) in [6, 6.07) is 15.7. The zero-order valence-electron chi connectivity index (χ0n) is 16.7. The summed E-state index contributed by atoms with van der Waals surface area (Å²) in [5.74, 6) is -0.180. The fraction of sp³-hybridized carbons (Fsp3) is 0.348. The molecule has 2 N–H and O–H groups in total. The minimum Gasteiger partial charge on any atom is -0.382 e. The molecule has 1 amide bonds. The lowest BCUT2D eigenvalue weighted by Crippen LogP contribution is -2.39. The highest BCUT2D eigenvalue weighted by atomic mass is 19.1. The first-order valence-electron chi connectivity index (χ1n) is 9.95. The van der Waals surface area contributed by atoms with Crippen LogP contribution >= 0.6 is 0 Å². The van der Waals surface area contributed by atoms with E-state index in [9.17, 15) is 19.6 Å². The molecule has 1 aliphatic rings. The third-order valence-electron chi connectivity index (χ3n) is 5.99. The Bertz CT molecular complexity index is 1130. The van der Waals surface area contributed by atoms with Crippen LogP contribution in [-0.2, 0) is 15.9 Å². The van der Waals surface area contributed by atoms with Gasteiger partial charge in [0.15, 0.2) is 0 Å². The minimum atomic E-state index is -1.91. The Labute approximate surface area is 174 Å². The molecule has 1 saturated carbocycles. The van der Waals surface area contributed by atoms with E-state index in [0.29, 0.717) is 22.6 Å². The van der Waals surface area contributed by atoms with Crippen LogP contribution in [0, 0.1) is 11.3 Å². The molecule has 154 valence electrons. The summed E-state index contributed by atoms with van der Waals surface area (Å²) >= 11 is 0. The first kappa shape index (κ1) is 20.0. The van der Waals surface area contributed by atoms with Gasteiger partial charge in [-0.15, -0.1) is 0 Å². The van der Waals surface area contributed by atoms with E-state index in [0.717, 1.165) is 24.8 Å². The van der Waals surface area contributed by atoms with Crippen LogP contribution < -0.4 is 5.32 Å². The van der Waals surface area contributed by atoms with Crippen LogP contribution in [0.4, 0.5) is 10.3 Å². The summed E-state index contributed by atoms with van der Waals surface area (Å²) in [6.07, 6.45) is 2.49. The Morgan fingerprint density at radius 3 is 2.67 bits per heavy atom. The molecule has 4 rings (SSSR count). The van der Waals surface area contributed by atoms with Crippen LogP contribution in [-0.4, -0.2) is 27.2 Å². The quantitative estimate of drug-likeness (QED) is 0.647. The number of fused-ring (bicyclic) bond motifs is 1. The number of aliphatic hydroxyl groups is 1. The predicted molar refractivity (Wildman–Crippen MR) is 112 cm³/mol. The van der Waals surface area contributed by atoms with E-state index in [1.54, 1.807) is 48.5 Å². The molecule has 1 atom stereocenters. The lowest BCUT2D eigenvalue weighted by atomic mass is 9.78. The molecule has 30 heavy (non-hydrogen) atoms. The largest absolute Gasteiger partial charge is 0.382 e. The summed E-state index contributed by atoms with van der Waals surface area (Å²) in [4.78, 5) is 17.4. The van der Waals surface area contributed by atoms with Crippen LogP contribution in [0.15, 0.2) is 48.5 Å². The number of benzene rings is 2. The number of nitrogens with one attached hydrogen (secondary N) is 1. The number of rotatable bonds is 6. The minimum absolute atomic E-state index is 0.221. The SMILES string of the molecule is CC1(n2c(NC(=O)CC(O)(CF)c3ccccc3)nc3ccc(C#N)cc32)CCC1. The molecule has 0 saturated heterocycles. The molecule has 1 unspecified atom stereocenters. The van der Waals surface area contributed by atoms with Gasteiger partial charge in [-0.05, 0) is 49.9 Å². The fourth-order valence-corrected chi connectivity index (χ4v) is 4.10. The van der Waals surface area contributed by atoms with E-state index in [2.05, 4.69) is 23.3 Å². The van der Waals surface area contributed by atoms with Crippen molar-refractivity contribution < 1.29 is 14.3 Å². The van der Waals surface area contributed by atoms with Gasteiger partial charge in [-0.1, -0.05) is 30.3 Å². The molecule has 7 heteroatoms. The number of carbonyl (C=O) groups is 1. The van der Waals surface area contributed by atoms with Gasteiger partial charge < -0.3 is 9.67 Å². The zero-order valence-corrected chi connectivity index (χ0v) is 16.7. The van der Waals surface area contributed by atoms with E-state index >= 15 is 0 Å². The number of hydrogen-bond acceptors (Lipinski definition) is 4. The summed E-state index contributed by atoms with van der Waals surface area (Å²) in [7, 11) is 0. The summed E-state index contributed by atoms with van der Waals surface area (Å²) in [5, 5.41) is 22.8. The van der Waals surface area contributed by atoms with Crippen molar-refractivity contribution in [1.82, 2.24) is 9.55 Å². The van der Waals surface area contributed by atoms with Gasteiger partial charge in [-0.25, -0.2) is 9.37 Å². The molecule has 3 aromatic rings. The molecular formula is C23H23FN4O2. The van der Waals surface area contributed by atoms with Crippen LogP contribution in [0.5, 0.6) is 0 Å². The Morgan fingerprint density at radius 2 is 2.07 bits per heavy atom. The van der Waals surface area contributed by atoms with E-state index in [-0.39, 0.29) is 5.54 Å². The van der Waals surface area contributed by atoms with Gasteiger partial charge in [-0.2, -0.15) is 5.26 Å². The van der Waals surface area contributed by atoms with Crippen LogP contribution in [0.25, 0.3) is 11.0 Å². The number of alkyl halides is 1. The maximum Gasteiger partial charge on any atom is 0.230 e. The van der Waals surface area contributed by atoms with Gasteiger partial charge in [0.25, 0.3) is 0 Å². The van der Waals surface area contributed by atoms with Gasteiger partial charge in [0.1, 0.15) is 12.3 Å². The summed E-state index contributed by atoms with van der Waals surface area (Å²) < 4.78 is 15.7. The molecule has 2 aromatic carbocycles. The first-order chi connectivity index (χ1) is 14.4. The smallest absolute Gasteiger partial charge is 0.230 e. The topological polar surface area (TPSA) is 90.9 Å². The van der Waals surface area contributed by atoms with Gasteiger partial charge in [-0.3, -0.25) is 10.1 Å². The average molecular weight is 406 g/mol. The number of carbonyl (C=O) groups excluding carboxylic acids is 1. The molecule has 1 aromatic heterocycles. The van der Waals surface area contributed by atoms with Crippen LogP contribution in [0.1, 0.15) is 43.7 Å². The predicted octanol–water partition coefficient (Wildman–Crippen LogP) is 3.99. The van der Waals surface area contributed by atoms with Gasteiger partial charge in [0, 0.05) is 5.54 Å². The molecule has 6 nitrogen and oxygen atoms in total. The normalized spacial score (nSPS) is 17.0. The van der Waals surface area contributed by atoms with Crippen molar-refractivity contribution in [3.05, 3.63) is 59.7 Å². The lowest BCUT2D eigenvalue weighted by molar-refractivity contribution is -0.122. The number of nitriles is 1. The van der Waals surface area contributed by atoms with Gasteiger partial charge >= 0.3 is 0 Å². The second kappa shape index (κ2) is 7.54. The standard InChI is InChI=1S/C23H23FN4O2/c1-22(10-5-11-22)28-19-12-16(14-25)8-9-18(19)26-21(28)27-20(29)13-23(30,15-24)17-6-3-2-4-7-17/h2-4,6-9,12,30H,5,10-11,13,15H2,1H3,(H,26,27,29). The third kappa shape index (κ3) is 3.44. The van der Waals surface area contributed by atoms with Crippen LogP contribution in [0.3, 0.4) is 0 Å². The number of anilines is 1. The Morgan fingerprint density at radius 1 is 1.33 bits per heavy atom. The molecular weight excluding hydrogens is 383 g/mol. The Balaban J connectivity index is 1.67. The number of nitrogens with zero attached hydrogens (tertiary/aromatic N) is 3. The van der Waals surface area contributed by atoms with E-state index < -0.39 is 24.6 Å². The molecule has 1 fully saturated rings. The van der Waals surface area contributed by atoms with E-state index in [1.165, 1.54) is 0 Å². The van der Waals surface area contributed by atoms with Crippen molar-refractivity contribution in [1.29, 1.82) is 5.26 Å². The second-order valence-corrected chi connectivity index (χ2v) is 8.19. The van der Waals surface area contributed by atoms with Gasteiger partial charge in [0.05, 0.1) is 29.1 Å². The monoisotopic (exact) mass is 406 g/mol. The molecule has 0 bridgehead atoms. The summed E-state index contributed by atoms with van der Waals surface area (Å²) in [6.45, 7) is 1.01. The molecule has 0 radical (unpaired) electrons. The first-order valence-corrected chi connectivity index (χ1v) is 9.95. The molecule has 0 spiro atoms. The van der Waals surface area contributed by atoms with E-state index in [4.69, 9.17) is 0 Å². The van der Waals surface area contributed by atoms with Crippen molar-refractivity contribution in [3.8, 4) is 6.07 Å². The number of imidazole rings is 1. The van der Waals surface area contributed by atoms with E-state index in [1.807, 2.05) is 4.57 Å². The maximum absolute atomic E-state index is 13.7. The van der Waals surface area contributed by atoms with Crippen molar-refractivity contribution in [2.45, 2.75) is 43.7 Å². The second-order valence-electron chi connectivity index (χ2n) is 8.19. The maximum atomic E-state index is 13.7. The van der Waals surface area contributed by atoms with Crippen molar-refractivity contribution in [2.75, 3.05) is 12.0 Å². The third-order valence-corrected chi connectivity index (χ3v) is 5.99. The number of halogens is 1. The Hall–Kier alpha value is -3.24. The average Bonchev–Trinajstić information content (AvgIpc) is 3.09. The highest BCUT2D eigenvalue weighted by molar-refractivity contribution is 5.92. The van der Waals surface area contributed by atoms with Crippen molar-refractivity contribution in [2.24, 2.45) is 0 Å². The lowest BCUT2D eigenvalue weighted by Gasteiger charge is -2.41. The van der Waals surface area contributed by atoms with Crippen molar-refractivity contribution in [3.63, 3.8) is 0 Å². The van der Waals surface area contributed by atoms with Crippen molar-refractivity contribution >= 4 is 22.9 Å².